The molecule has 0 atom stereocenters. The maximum absolute atomic E-state index is 11.3. The van der Waals surface area contributed by atoms with Crippen LogP contribution in [0.5, 0.6) is 0 Å². The second kappa shape index (κ2) is 4.98. The molecule has 0 spiro atoms. The molecule has 0 fully saturated rings. The molecule has 9 nitrogen and oxygen atoms in total. The lowest BCUT2D eigenvalue weighted by Gasteiger charge is -2.12. The van der Waals surface area contributed by atoms with Crippen molar-refractivity contribution in [1.29, 1.82) is 0 Å². The number of carboxylic acids is 1. The summed E-state index contributed by atoms with van der Waals surface area (Å²) in [5, 5.41) is 25.1. The van der Waals surface area contributed by atoms with Gasteiger partial charge in [0, 0.05) is 4.88 Å². The van der Waals surface area contributed by atoms with Gasteiger partial charge in [0.15, 0.2) is 0 Å². The van der Waals surface area contributed by atoms with Gasteiger partial charge in [-0.3, -0.25) is 4.79 Å². The smallest absolute Gasteiger partial charge is 0.394 e. The number of hydrogen-bond acceptors (Lipinski definition) is 7. The molecule has 1 aliphatic rings. The lowest BCUT2D eigenvalue weighted by Crippen LogP contribution is -2.21. The fraction of sp³-hybridized carbons (Fsp3) is 0.300. The number of aromatic nitrogens is 4. The maximum Gasteiger partial charge on any atom is 0.394 e. The summed E-state index contributed by atoms with van der Waals surface area (Å²) in [7, 11) is 0. The largest absolute Gasteiger partial charge is 0.474 e. The Morgan fingerprint density at radius 3 is 3.00 bits per heavy atom. The number of hydrogen-bond donors (Lipinski definition) is 3. The highest BCUT2D eigenvalue weighted by Crippen LogP contribution is 2.41. The average molecular weight is 295 g/mol. The molecule has 10 heteroatoms. The quantitative estimate of drug-likeness (QED) is 0.666. The second-order valence-corrected chi connectivity index (χ2v) is 5.11. The third kappa shape index (κ3) is 2.14. The number of thiophene rings is 1. The zero-order valence-electron chi connectivity index (χ0n) is 10.0. The first kappa shape index (κ1) is 12.7. The highest BCUT2D eigenvalue weighted by Gasteiger charge is 2.26. The lowest BCUT2D eigenvalue weighted by atomic mass is 10.1. The minimum atomic E-state index is -1.55. The van der Waals surface area contributed by atoms with Gasteiger partial charge in [0.05, 0.1) is 18.8 Å². The molecule has 2 aromatic heterocycles. The van der Waals surface area contributed by atoms with E-state index in [1.807, 2.05) is 0 Å². The number of aliphatic carboxylic acids is 1. The number of rotatable bonds is 2. The van der Waals surface area contributed by atoms with Crippen molar-refractivity contribution in [3.8, 4) is 11.4 Å². The van der Waals surface area contributed by atoms with Crippen molar-refractivity contribution >= 4 is 28.2 Å². The number of tetrazole rings is 1. The summed E-state index contributed by atoms with van der Waals surface area (Å²) >= 11 is 1.26. The topological polar surface area (TPSA) is 130 Å². The standard InChI is InChI=1S/C10H9N5O4S/c16-8(10(17)18)11-9-6(7-12-14-15-13-7)4-1-2-19-3-5(4)20-9/h1-3H2,(H,11,16)(H,17,18)(H,12,13,14,15). The number of amides is 1. The molecular weight excluding hydrogens is 286 g/mol. The van der Waals surface area contributed by atoms with Crippen LogP contribution < -0.4 is 5.32 Å². The van der Waals surface area contributed by atoms with Crippen LogP contribution in [0, 0.1) is 0 Å². The molecule has 3 rings (SSSR count). The van der Waals surface area contributed by atoms with E-state index in [4.69, 9.17) is 9.84 Å². The van der Waals surface area contributed by atoms with Gasteiger partial charge in [0.25, 0.3) is 0 Å². The summed E-state index contributed by atoms with van der Waals surface area (Å²) in [5.74, 6) is -2.33. The van der Waals surface area contributed by atoms with Gasteiger partial charge < -0.3 is 15.2 Å². The van der Waals surface area contributed by atoms with Gasteiger partial charge in [0.1, 0.15) is 5.00 Å². The monoisotopic (exact) mass is 295 g/mol. The van der Waals surface area contributed by atoms with E-state index in [2.05, 4.69) is 25.9 Å². The average Bonchev–Trinajstić information content (AvgIpc) is 3.04. The van der Waals surface area contributed by atoms with Gasteiger partial charge in [0.2, 0.25) is 5.82 Å². The molecule has 3 N–H and O–H groups in total. The minimum absolute atomic E-state index is 0.324. The van der Waals surface area contributed by atoms with Crippen molar-refractivity contribution in [1.82, 2.24) is 20.6 Å². The van der Waals surface area contributed by atoms with Gasteiger partial charge in [-0.2, -0.15) is 5.21 Å². The second-order valence-electron chi connectivity index (χ2n) is 4.01. The summed E-state index contributed by atoms with van der Waals surface area (Å²) in [6, 6.07) is 0. The Bertz CT molecular complexity index is 665. The van der Waals surface area contributed by atoms with Crippen LogP contribution in [0.1, 0.15) is 10.4 Å². The third-order valence-electron chi connectivity index (χ3n) is 2.81. The molecule has 0 saturated carbocycles. The van der Waals surface area contributed by atoms with Crippen molar-refractivity contribution in [2.45, 2.75) is 13.0 Å². The number of anilines is 1. The van der Waals surface area contributed by atoms with E-state index in [1.165, 1.54) is 11.3 Å². The molecule has 3 heterocycles. The molecule has 104 valence electrons. The van der Waals surface area contributed by atoms with E-state index < -0.39 is 11.9 Å². The first-order valence-corrected chi connectivity index (χ1v) is 6.49. The van der Waals surface area contributed by atoms with E-state index in [9.17, 15) is 9.59 Å². The Morgan fingerprint density at radius 2 is 2.30 bits per heavy atom. The van der Waals surface area contributed by atoms with Gasteiger partial charge in [-0.1, -0.05) is 0 Å². The highest BCUT2D eigenvalue weighted by molar-refractivity contribution is 7.17. The number of carbonyl (C=O) groups excluding carboxylic acids is 1. The molecular formula is C10H9N5O4S. The van der Waals surface area contributed by atoms with Crippen LogP contribution in [0.3, 0.4) is 0 Å². The van der Waals surface area contributed by atoms with Crippen LogP contribution in [0.4, 0.5) is 5.00 Å². The highest BCUT2D eigenvalue weighted by atomic mass is 32.1. The molecule has 0 bridgehead atoms. The number of carbonyl (C=O) groups is 2. The number of aromatic amines is 1. The number of H-pyrrole nitrogens is 1. The molecule has 0 radical (unpaired) electrons. The first-order chi connectivity index (χ1) is 9.66. The summed E-state index contributed by atoms with van der Waals surface area (Å²) < 4.78 is 5.35. The molecule has 0 saturated heterocycles. The molecule has 1 aliphatic heterocycles. The summed E-state index contributed by atoms with van der Waals surface area (Å²) in [4.78, 5) is 22.9. The third-order valence-corrected chi connectivity index (χ3v) is 3.93. The Kier molecular flexibility index (Phi) is 3.16. The van der Waals surface area contributed by atoms with E-state index in [1.54, 1.807) is 0 Å². The Balaban J connectivity index is 2.06. The summed E-state index contributed by atoms with van der Waals surface area (Å²) in [6.07, 6.45) is 0.651. The SMILES string of the molecule is O=C(O)C(=O)Nc1sc2c(c1-c1nn[nH]n1)CCOC2. The van der Waals surface area contributed by atoms with Crippen LogP contribution >= 0.6 is 11.3 Å². The fourth-order valence-corrected chi connectivity index (χ4v) is 3.16. The normalized spacial score (nSPS) is 13.8. The van der Waals surface area contributed by atoms with E-state index in [0.717, 1.165) is 10.4 Å². The first-order valence-electron chi connectivity index (χ1n) is 5.67. The maximum atomic E-state index is 11.3. The number of carboxylic acid groups (broad SMARTS) is 1. The van der Waals surface area contributed by atoms with Crippen molar-refractivity contribution < 1.29 is 19.4 Å². The van der Waals surface area contributed by atoms with Crippen molar-refractivity contribution in [3.05, 3.63) is 10.4 Å². The van der Waals surface area contributed by atoms with Crippen LogP contribution in [0.2, 0.25) is 0 Å². The van der Waals surface area contributed by atoms with Crippen molar-refractivity contribution in [3.63, 3.8) is 0 Å². The Labute approximate surface area is 116 Å². The zero-order chi connectivity index (χ0) is 14.1. The lowest BCUT2D eigenvalue weighted by molar-refractivity contribution is -0.147. The number of nitrogens with zero attached hydrogens (tertiary/aromatic N) is 3. The van der Waals surface area contributed by atoms with Crippen molar-refractivity contribution in [2.24, 2.45) is 0 Å². The zero-order valence-corrected chi connectivity index (χ0v) is 10.9. The molecule has 0 aromatic carbocycles. The molecule has 0 unspecified atom stereocenters. The fourth-order valence-electron chi connectivity index (χ4n) is 1.98. The Morgan fingerprint density at radius 1 is 1.45 bits per heavy atom. The number of nitrogens with one attached hydrogen (secondary N) is 2. The summed E-state index contributed by atoms with van der Waals surface area (Å²) in [6.45, 7) is 0.981. The molecule has 1 amide bonds. The van der Waals surface area contributed by atoms with Gasteiger partial charge in [-0.25, -0.2) is 4.79 Å². The van der Waals surface area contributed by atoms with E-state index >= 15 is 0 Å². The molecule has 0 aliphatic carbocycles. The predicted octanol–water partition coefficient (Wildman–Crippen LogP) is 0.0240. The van der Waals surface area contributed by atoms with Crippen molar-refractivity contribution in [2.75, 3.05) is 11.9 Å². The molecule has 2 aromatic rings. The number of ether oxygens (including phenoxy) is 1. The van der Waals surface area contributed by atoms with E-state index in [0.29, 0.717) is 36.0 Å². The molecule has 20 heavy (non-hydrogen) atoms. The van der Waals surface area contributed by atoms with Crippen LogP contribution in [-0.4, -0.2) is 44.2 Å². The summed E-state index contributed by atoms with van der Waals surface area (Å²) in [5.41, 5.74) is 1.57. The van der Waals surface area contributed by atoms with Crippen LogP contribution in [-0.2, 0) is 27.4 Å². The predicted molar refractivity (Wildman–Crippen MR) is 67.1 cm³/mol. The van der Waals surface area contributed by atoms with Gasteiger partial charge in [-0.15, -0.1) is 21.5 Å². The van der Waals surface area contributed by atoms with Gasteiger partial charge in [-0.05, 0) is 17.2 Å². The minimum Gasteiger partial charge on any atom is -0.474 e. The Hall–Kier alpha value is -2.33. The van der Waals surface area contributed by atoms with Crippen LogP contribution in [0.25, 0.3) is 11.4 Å². The number of fused-ring (bicyclic) bond motifs is 1. The van der Waals surface area contributed by atoms with Crippen LogP contribution in [0.15, 0.2) is 0 Å². The van der Waals surface area contributed by atoms with E-state index in [-0.39, 0.29) is 0 Å². The van der Waals surface area contributed by atoms with Gasteiger partial charge >= 0.3 is 11.9 Å².